The van der Waals surface area contributed by atoms with Crippen molar-refractivity contribution < 1.29 is 9.90 Å². The summed E-state index contributed by atoms with van der Waals surface area (Å²) in [5, 5.41) is 11.1. The summed E-state index contributed by atoms with van der Waals surface area (Å²) in [6.07, 6.45) is 1.85. The van der Waals surface area contributed by atoms with Gasteiger partial charge < -0.3 is 9.51 Å². The maximum absolute atomic E-state index is 11.1. The fraction of sp³-hybridized carbons (Fsp3) is 0.0769. The third-order valence-electron chi connectivity index (χ3n) is 2.96. The van der Waals surface area contributed by atoms with E-state index in [1.54, 1.807) is 6.92 Å². The Labute approximate surface area is 97.1 Å². The van der Waals surface area contributed by atoms with E-state index in [0.29, 0.717) is 11.3 Å². The molecule has 0 atom stereocenters. The van der Waals surface area contributed by atoms with Gasteiger partial charge in [0.05, 0.1) is 5.69 Å². The summed E-state index contributed by atoms with van der Waals surface area (Å²) in [6.45, 7) is 1.76. The standard InChI is InChI=1S/C13H10N2O2/c1-8-11(13(16)17)14-12-10-5-3-2-4-9(10)6-7-15(8)12/h2-7H,1H3,(H,16,17). The Bertz CT molecular complexity index is 744. The molecule has 0 saturated carbocycles. The van der Waals surface area contributed by atoms with Gasteiger partial charge in [-0.25, -0.2) is 9.78 Å². The summed E-state index contributed by atoms with van der Waals surface area (Å²) in [4.78, 5) is 15.3. The Morgan fingerprint density at radius 3 is 2.82 bits per heavy atom. The van der Waals surface area contributed by atoms with Crippen LogP contribution in [-0.4, -0.2) is 20.5 Å². The van der Waals surface area contributed by atoms with Gasteiger partial charge >= 0.3 is 5.97 Å². The second kappa shape index (κ2) is 3.31. The predicted molar refractivity (Wildman–Crippen MR) is 64.4 cm³/mol. The Hall–Kier alpha value is -2.36. The fourth-order valence-corrected chi connectivity index (χ4v) is 2.09. The summed E-state index contributed by atoms with van der Waals surface area (Å²) in [7, 11) is 0. The normalized spacial score (nSPS) is 11.1. The Kier molecular flexibility index (Phi) is 1.92. The van der Waals surface area contributed by atoms with Crippen LogP contribution in [0.15, 0.2) is 36.5 Å². The number of imidazole rings is 1. The number of nitrogens with zero attached hydrogens (tertiary/aromatic N) is 2. The minimum absolute atomic E-state index is 0.112. The molecular formula is C13H10N2O2. The lowest BCUT2D eigenvalue weighted by molar-refractivity contribution is 0.0690. The van der Waals surface area contributed by atoms with Crippen LogP contribution in [0.4, 0.5) is 0 Å². The Morgan fingerprint density at radius 1 is 1.29 bits per heavy atom. The van der Waals surface area contributed by atoms with Gasteiger partial charge in [0.25, 0.3) is 0 Å². The highest BCUT2D eigenvalue weighted by Gasteiger charge is 2.15. The molecule has 0 bridgehead atoms. The third kappa shape index (κ3) is 1.30. The van der Waals surface area contributed by atoms with Crippen LogP contribution >= 0.6 is 0 Å². The number of carbonyl (C=O) groups is 1. The van der Waals surface area contributed by atoms with Crippen LogP contribution in [0, 0.1) is 6.92 Å². The van der Waals surface area contributed by atoms with E-state index < -0.39 is 5.97 Å². The molecule has 3 aromatic rings. The van der Waals surface area contributed by atoms with Gasteiger partial charge in [-0.15, -0.1) is 0 Å². The van der Waals surface area contributed by atoms with E-state index >= 15 is 0 Å². The van der Waals surface area contributed by atoms with Gasteiger partial charge in [-0.2, -0.15) is 0 Å². The molecule has 84 valence electrons. The molecule has 0 aliphatic carbocycles. The zero-order chi connectivity index (χ0) is 12.0. The maximum atomic E-state index is 11.1. The number of aromatic carboxylic acids is 1. The number of carboxylic acid groups (broad SMARTS) is 1. The van der Waals surface area contributed by atoms with Crippen LogP contribution < -0.4 is 0 Å². The lowest BCUT2D eigenvalue weighted by Gasteiger charge is -2.00. The molecule has 4 nitrogen and oxygen atoms in total. The largest absolute Gasteiger partial charge is 0.476 e. The molecule has 1 aromatic carbocycles. The number of hydrogen-bond acceptors (Lipinski definition) is 2. The quantitative estimate of drug-likeness (QED) is 0.693. The molecule has 4 heteroatoms. The monoisotopic (exact) mass is 226 g/mol. The smallest absolute Gasteiger partial charge is 0.356 e. The van der Waals surface area contributed by atoms with Gasteiger partial charge in [0.2, 0.25) is 0 Å². The van der Waals surface area contributed by atoms with E-state index in [4.69, 9.17) is 5.11 Å². The second-order valence-electron chi connectivity index (χ2n) is 3.95. The Morgan fingerprint density at radius 2 is 2.06 bits per heavy atom. The van der Waals surface area contributed by atoms with Crippen LogP contribution in [0.25, 0.3) is 16.4 Å². The molecule has 2 heterocycles. The maximum Gasteiger partial charge on any atom is 0.356 e. The molecule has 0 spiro atoms. The SMILES string of the molecule is Cc1c(C(=O)O)nc2c3ccccc3ccn12. The fourth-order valence-electron chi connectivity index (χ4n) is 2.09. The molecule has 0 saturated heterocycles. The number of aromatic nitrogens is 2. The van der Waals surface area contributed by atoms with Crippen LogP contribution in [0.2, 0.25) is 0 Å². The van der Waals surface area contributed by atoms with Crippen molar-refractivity contribution in [3.8, 4) is 0 Å². The van der Waals surface area contributed by atoms with Gasteiger partial charge in [-0.05, 0) is 18.4 Å². The zero-order valence-electron chi connectivity index (χ0n) is 9.21. The minimum Gasteiger partial charge on any atom is -0.476 e. The molecule has 3 rings (SSSR count). The third-order valence-corrected chi connectivity index (χ3v) is 2.96. The van der Waals surface area contributed by atoms with Gasteiger partial charge in [0.15, 0.2) is 5.69 Å². The number of aryl methyl sites for hydroxylation is 1. The van der Waals surface area contributed by atoms with Gasteiger partial charge in [-0.3, -0.25) is 0 Å². The van der Waals surface area contributed by atoms with Crippen molar-refractivity contribution >= 4 is 22.4 Å². The molecule has 1 N–H and O–H groups in total. The lowest BCUT2D eigenvalue weighted by atomic mass is 10.2. The number of carboxylic acids is 1. The van der Waals surface area contributed by atoms with Crippen molar-refractivity contribution in [3.63, 3.8) is 0 Å². The second-order valence-corrected chi connectivity index (χ2v) is 3.95. The summed E-state index contributed by atoms with van der Waals surface area (Å²) >= 11 is 0. The van der Waals surface area contributed by atoms with Crippen LogP contribution in [0.1, 0.15) is 16.2 Å². The van der Waals surface area contributed by atoms with E-state index in [1.807, 2.05) is 40.9 Å². The van der Waals surface area contributed by atoms with Gasteiger partial charge in [-0.1, -0.05) is 24.3 Å². The van der Waals surface area contributed by atoms with E-state index in [-0.39, 0.29) is 5.69 Å². The van der Waals surface area contributed by atoms with Gasteiger partial charge in [0.1, 0.15) is 5.65 Å². The lowest BCUT2D eigenvalue weighted by Crippen LogP contribution is -1.99. The van der Waals surface area contributed by atoms with E-state index in [9.17, 15) is 4.79 Å². The molecule has 0 radical (unpaired) electrons. The average Bonchev–Trinajstić information content (AvgIpc) is 2.67. The van der Waals surface area contributed by atoms with Crippen LogP contribution in [-0.2, 0) is 0 Å². The van der Waals surface area contributed by atoms with Crippen molar-refractivity contribution in [2.75, 3.05) is 0 Å². The average molecular weight is 226 g/mol. The molecule has 2 aromatic heterocycles. The van der Waals surface area contributed by atoms with Crippen molar-refractivity contribution in [1.29, 1.82) is 0 Å². The molecule has 0 aliphatic heterocycles. The first-order valence-corrected chi connectivity index (χ1v) is 5.28. The summed E-state index contributed by atoms with van der Waals surface area (Å²) < 4.78 is 1.81. The Balaban J connectivity index is 2.51. The first-order valence-electron chi connectivity index (χ1n) is 5.28. The number of rotatable bonds is 1. The highest BCUT2D eigenvalue weighted by atomic mass is 16.4. The molecule has 17 heavy (non-hydrogen) atoms. The van der Waals surface area contributed by atoms with Crippen molar-refractivity contribution in [1.82, 2.24) is 9.38 Å². The zero-order valence-corrected chi connectivity index (χ0v) is 9.21. The van der Waals surface area contributed by atoms with Crippen molar-refractivity contribution in [2.24, 2.45) is 0 Å². The summed E-state index contributed by atoms with van der Waals surface area (Å²) in [6, 6.07) is 9.77. The van der Waals surface area contributed by atoms with Crippen LogP contribution in [0.5, 0.6) is 0 Å². The van der Waals surface area contributed by atoms with Crippen molar-refractivity contribution in [3.05, 3.63) is 47.9 Å². The molecule has 0 amide bonds. The van der Waals surface area contributed by atoms with E-state index in [1.165, 1.54) is 0 Å². The highest BCUT2D eigenvalue weighted by Crippen LogP contribution is 2.21. The molecular weight excluding hydrogens is 216 g/mol. The number of hydrogen-bond donors (Lipinski definition) is 1. The molecule has 0 fully saturated rings. The molecule has 0 unspecified atom stereocenters. The van der Waals surface area contributed by atoms with Gasteiger partial charge in [0, 0.05) is 11.6 Å². The van der Waals surface area contributed by atoms with Crippen LogP contribution in [0.3, 0.4) is 0 Å². The number of pyridine rings is 1. The first-order chi connectivity index (χ1) is 8.18. The number of benzene rings is 1. The highest BCUT2D eigenvalue weighted by molar-refractivity contribution is 5.96. The topological polar surface area (TPSA) is 54.6 Å². The predicted octanol–water partition coefficient (Wildman–Crippen LogP) is 2.49. The summed E-state index contributed by atoms with van der Waals surface area (Å²) in [5.74, 6) is -0.990. The van der Waals surface area contributed by atoms with E-state index in [0.717, 1.165) is 10.8 Å². The minimum atomic E-state index is -0.990. The van der Waals surface area contributed by atoms with Crippen molar-refractivity contribution in [2.45, 2.75) is 6.92 Å². The molecule has 0 aliphatic rings. The summed E-state index contributed by atoms with van der Waals surface area (Å²) in [5.41, 5.74) is 1.46. The first kappa shape index (κ1) is 9.84. The number of fused-ring (bicyclic) bond motifs is 3. The van der Waals surface area contributed by atoms with E-state index in [2.05, 4.69) is 4.98 Å².